The molecular formula is C11H14FNS. The standard InChI is InChI=1S/C11H14FNS/c1-7-2-3-9(12)11-8(7)6-14-5-4-10(11)13/h2-3,10H,4-6,13H2,1H3. The summed E-state index contributed by atoms with van der Waals surface area (Å²) in [4.78, 5) is 0. The molecule has 1 nitrogen and oxygen atoms in total. The first kappa shape index (κ1) is 9.99. The average Bonchev–Trinajstić information content (AvgIpc) is 2.35. The first-order valence-electron chi connectivity index (χ1n) is 4.81. The number of fused-ring (bicyclic) bond motifs is 1. The van der Waals surface area contributed by atoms with E-state index in [0.717, 1.165) is 34.6 Å². The molecule has 76 valence electrons. The van der Waals surface area contributed by atoms with Gasteiger partial charge in [0.15, 0.2) is 0 Å². The Morgan fingerprint density at radius 1 is 1.50 bits per heavy atom. The van der Waals surface area contributed by atoms with Crippen molar-refractivity contribution in [3.8, 4) is 0 Å². The Hall–Kier alpha value is -0.540. The molecule has 1 aliphatic rings. The van der Waals surface area contributed by atoms with Crippen LogP contribution in [-0.2, 0) is 5.75 Å². The van der Waals surface area contributed by atoms with Gasteiger partial charge in [-0.2, -0.15) is 11.8 Å². The van der Waals surface area contributed by atoms with Crippen molar-refractivity contribution in [2.24, 2.45) is 5.73 Å². The second-order valence-corrected chi connectivity index (χ2v) is 4.81. The summed E-state index contributed by atoms with van der Waals surface area (Å²) in [5.41, 5.74) is 8.98. The molecular weight excluding hydrogens is 197 g/mol. The van der Waals surface area contributed by atoms with Gasteiger partial charge in [0.2, 0.25) is 0 Å². The minimum Gasteiger partial charge on any atom is -0.324 e. The van der Waals surface area contributed by atoms with Crippen LogP contribution >= 0.6 is 11.8 Å². The van der Waals surface area contributed by atoms with Crippen LogP contribution in [0, 0.1) is 12.7 Å². The van der Waals surface area contributed by atoms with E-state index >= 15 is 0 Å². The van der Waals surface area contributed by atoms with Crippen molar-refractivity contribution in [1.82, 2.24) is 0 Å². The number of hydrogen-bond acceptors (Lipinski definition) is 2. The Bertz CT molecular complexity index is 351. The third kappa shape index (κ3) is 1.66. The summed E-state index contributed by atoms with van der Waals surface area (Å²) in [6, 6.07) is 3.25. The monoisotopic (exact) mass is 211 g/mol. The Morgan fingerprint density at radius 3 is 3.07 bits per heavy atom. The zero-order valence-electron chi connectivity index (χ0n) is 8.22. The summed E-state index contributed by atoms with van der Waals surface area (Å²) in [5.74, 6) is 1.78. The van der Waals surface area contributed by atoms with Gasteiger partial charge in [-0.05, 0) is 36.3 Å². The fourth-order valence-electron chi connectivity index (χ4n) is 1.87. The smallest absolute Gasteiger partial charge is 0.128 e. The number of benzene rings is 1. The average molecular weight is 211 g/mol. The maximum Gasteiger partial charge on any atom is 0.128 e. The lowest BCUT2D eigenvalue weighted by atomic mass is 9.96. The van der Waals surface area contributed by atoms with Crippen LogP contribution in [-0.4, -0.2) is 5.75 Å². The number of thioether (sulfide) groups is 1. The predicted molar refractivity (Wildman–Crippen MR) is 58.8 cm³/mol. The molecule has 1 atom stereocenters. The van der Waals surface area contributed by atoms with Gasteiger partial charge in [-0.25, -0.2) is 4.39 Å². The molecule has 0 bridgehead atoms. The van der Waals surface area contributed by atoms with Gasteiger partial charge >= 0.3 is 0 Å². The van der Waals surface area contributed by atoms with E-state index < -0.39 is 0 Å². The van der Waals surface area contributed by atoms with Crippen LogP contribution in [0.25, 0.3) is 0 Å². The van der Waals surface area contributed by atoms with Crippen LogP contribution in [0.4, 0.5) is 4.39 Å². The van der Waals surface area contributed by atoms with Gasteiger partial charge in [-0.3, -0.25) is 0 Å². The highest BCUT2D eigenvalue weighted by molar-refractivity contribution is 7.98. The van der Waals surface area contributed by atoms with Crippen molar-refractivity contribution in [1.29, 1.82) is 0 Å². The molecule has 1 heterocycles. The minimum absolute atomic E-state index is 0.125. The molecule has 0 aliphatic carbocycles. The molecule has 0 saturated carbocycles. The number of aryl methyl sites for hydroxylation is 1. The van der Waals surface area contributed by atoms with Gasteiger partial charge in [-0.1, -0.05) is 6.07 Å². The quantitative estimate of drug-likeness (QED) is 0.714. The van der Waals surface area contributed by atoms with Crippen LogP contribution < -0.4 is 5.73 Å². The summed E-state index contributed by atoms with van der Waals surface area (Å²) in [6.45, 7) is 2.02. The third-order valence-corrected chi connectivity index (χ3v) is 3.75. The summed E-state index contributed by atoms with van der Waals surface area (Å²) in [6.07, 6.45) is 0.873. The first-order valence-corrected chi connectivity index (χ1v) is 5.97. The lowest BCUT2D eigenvalue weighted by molar-refractivity contribution is 0.574. The minimum atomic E-state index is -0.138. The first-order chi connectivity index (χ1) is 6.70. The largest absolute Gasteiger partial charge is 0.324 e. The number of halogens is 1. The maximum atomic E-state index is 13.6. The fraction of sp³-hybridized carbons (Fsp3) is 0.455. The maximum absolute atomic E-state index is 13.6. The van der Waals surface area contributed by atoms with E-state index in [2.05, 4.69) is 0 Å². The van der Waals surface area contributed by atoms with E-state index in [1.54, 1.807) is 0 Å². The van der Waals surface area contributed by atoms with E-state index in [-0.39, 0.29) is 11.9 Å². The second-order valence-electron chi connectivity index (χ2n) is 3.70. The molecule has 2 rings (SSSR count). The molecule has 1 unspecified atom stereocenters. The number of rotatable bonds is 0. The molecule has 2 N–H and O–H groups in total. The van der Waals surface area contributed by atoms with E-state index in [0.29, 0.717) is 0 Å². The third-order valence-electron chi connectivity index (χ3n) is 2.73. The molecule has 0 aromatic heterocycles. The van der Waals surface area contributed by atoms with Crippen LogP contribution in [0.5, 0.6) is 0 Å². The number of nitrogens with two attached hydrogens (primary N) is 1. The van der Waals surface area contributed by atoms with Crippen LogP contribution in [0.15, 0.2) is 12.1 Å². The Morgan fingerprint density at radius 2 is 2.29 bits per heavy atom. The molecule has 0 fully saturated rings. The number of hydrogen-bond donors (Lipinski definition) is 1. The van der Waals surface area contributed by atoms with E-state index in [1.807, 2.05) is 24.8 Å². The Kier molecular flexibility index (Phi) is 2.79. The second kappa shape index (κ2) is 3.91. The highest BCUT2D eigenvalue weighted by Crippen LogP contribution is 2.32. The SMILES string of the molecule is Cc1ccc(F)c2c1CSCCC2N. The molecule has 0 amide bonds. The van der Waals surface area contributed by atoms with Crippen LogP contribution in [0.1, 0.15) is 29.2 Å². The van der Waals surface area contributed by atoms with Crippen molar-refractivity contribution < 1.29 is 4.39 Å². The molecule has 1 aromatic rings. The van der Waals surface area contributed by atoms with Gasteiger partial charge in [0.25, 0.3) is 0 Å². The topological polar surface area (TPSA) is 26.0 Å². The predicted octanol–water partition coefficient (Wildman–Crippen LogP) is 2.77. The van der Waals surface area contributed by atoms with Crippen LogP contribution in [0.2, 0.25) is 0 Å². The molecule has 1 aliphatic heterocycles. The van der Waals surface area contributed by atoms with E-state index in [1.165, 1.54) is 6.07 Å². The Balaban J connectivity index is 2.57. The molecule has 0 radical (unpaired) electrons. The molecule has 1 aromatic carbocycles. The fourth-order valence-corrected chi connectivity index (χ4v) is 3.02. The lowest BCUT2D eigenvalue weighted by Gasteiger charge is -2.14. The van der Waals surface area contributed by atoms with Gasteiger partial charge < -0.3 is 5.73 Å². The molecule has 0 saturated heterocycles. The van der Waals surface area contributed by atoms with Crippen molar-refractivity contribution in [2.75, 3.05) is 5.75 Å². The van der Waals surface area contributed by atoms with Crippen LogP contribution in [0.3, 0.4) is 0 Å². The molecule has 3 heteroatoms. The highest BCUT2D eigenvalue weighted by atomic mass is 32.2. The molecule has 0 spiro atoms. The van der Waals surface area contributed by atoms with Crippen molar-refractivity contribution in [2.45, 2.75) is 25.1 Å². The summed E-state index contributed by atoms with van der Waals surface area (Å²) in [5, 5.41) is 0. The van der Waals surface area contributed by atoms with Gasteiger partial charge in [0, 0.05) is 17.4 Å². The van der Waals surface area contributed by atoms with Crippen molar-refractivity contribution >= 4 is 11.8 Å². The Labute approximate surface area is 87.9 Å². The van der Waals surface area contributed by atoms with Gasteiger partial charge in [0.05, 0.1) is 0 Å². The zero-order valence-corrected chi connectivity index (χ0v) is 9.03. The van der Waals surface area contributed by atoms with E-state index in [4.69, 9.17) is 5.73 Å². The zero-order chi connectivity index (χ0) is 10.1. The summed E-state index contributed by atoms with van der Waals surface area (Å²) in [7, 11) is 0. The lowest BCUT2D eigenvalue weighted by Crippen LogP contribution is -2.14. The molecule has 14 heavy (non-hydrogen) atoms. The summed E-state index contributed by atoms with van der Waals surface area (Å²) >= 11 is 1.84. The van der Waals surface area contributed by atoms with E-state index in [9.17, 15) is 4.39 Å². The van der Waals surface area contributed by atoms with Gasteiger partial charge in [-0.15, -0.1) is 0 Å². The normalized spacial score (nSPS) is 21.5. The van der Waals surface area contributed by atoms with Gasteiger partial charge in [0.1, 0.15) is 5.82 Å². The highest BCUT2D eigenvalue weighted by Gasteiger charge is 2.20. The van der Waals surface area contributed by atoms with Crippen molar-refractivity contribution in [3.05, 3.63) is 34.6 Å². The summed E-state index contributed by atoms with van der Waals surface area (Å²) < 4.78 is 13.6. The van der Waals surface area contributed by atoms with Crippen molar-refractivity contribution in [3.63, 3.8) is 0 Å².